The zero-order valence-electron chi connectivity index (χ0n) is 25.4. The van der Waals surface area contributed by atoms with E-state index in [4.69, 9.17) is 31.5 Å². The molecule has 11 heteroatoms. The number of carbonyl (C=O) groups excluding carboxylic acids is 4. The molecule has 42 heavy (non-hydrogen) atoms. The van der Waals surface area contributed by atoms with Crippen LogP contribution in [0, 0.1) is 11.3 Å². The Balaban J connectivity index is 2.70. The van der Waals surface area contributed by atoms with Crippen molar-refractivity contribution in [2.45, 2.75) is 79.1 Å². The van der Waals surface area contributed by atoms with Crippen molar-refractivity contribution in [2.75, 3.05) is 7.11 Å². The Kier molecular flexibility index (Phi) is 15.4. The van der Waals surface area contributed by atoms with Crippen LogP contribution in [0.5, 0.6) is 0 Å². The van der Waals surface area contributed by atoms with Gasteiger partial charge in [0.05, 0.1) is 7.11 Å². The summed E-state index contributed by atoms with van der Waals surface area (Å²) >= 11 is 5.84. The number of ether oxygens (including phenoxy) is 3. The van der Waals surface area contributed by atoms with Crippen LogP contribution in [0.2, 0.25) is 0 Å². The number of allylic oxidation sites excluding steroid dienone is 5. The highest BCUT2D eigenvalue weighted by molar-refractivity contribution is 6.29. The van der Waals surface area contributed by atoms with Crippen molar-refractivity contribution < 1.29 is 33.4 Å². The van der Waals surface area contributed by atoms with E-state index < -0.39 is 41.4 Å². The van der Waals surface area contributed by atoms with Gasteiger partial charge in [0.15, 0.2) is 5.76 Å². The molecule has 1 heterocycles. The number of esters is 1. The van der Waals surface area contributed by atoms with Crippen LogP contribution >= 0.6 is 11.6 Å². The van der Waals surface area contributed by atoms with Crippen molar-refractivity contribution in [3.63, 3.8) is 0 Å². The van der Waals surface area contributed by atoms with Gasteiger partial charge in [-0.2, -0.15) is 0 Å². The van der Waals surface area contributed by atoms with Gasteiger partial charge in [0.2, 0.25) is 11.8 Å². The zero-order chi connectivity index (χ0) is 31.9. The summed E-state index contributed by atoms with van der Waals surface area (Å²) in [6, 6.07) is -0.823. The van der Waals surface area contributed by atoms with Gasteiger partial charge < -0.3 is 30.6 Å². The molecule has 0 unspecified atom stereocenters. The van der Waals surface area contributed by atoms with Crippen LogP contribution in [0.3, 0.4) is 0 Å². The lowest BCUT2D eigenvalue weighted by Gasteiger charge is -2.29. The number of cyclic esters (lactones) is 1. The van der Waals surface area contributed by atoms with E-state index in [2.05, 4.69) is 10.6 Å². The number of methoxy groups -OCH3 is 1. The van der Waals surface area contributed by atoms with E-state index in [1.54, 1.807) is 37.3 Å². The molecular formula is C31H44ClN3O7. The lowest BCUT2D eigenvalue weighted by atomic mass is 9.86. The molecule has 0 fully saturated rings. The summed E-state index contributed by atoms with van der Waals surface area (Å²) in [6.07, 6.45) is 14.5. The Bertz CT molecular complexity index is 1140. The van der Waals surface area contributed by atoms with Gasteiger partial charge in [0, 0.05) is 36.3 Å². The number of primary amides is 1. The number of hydrogen-bond acceptors (Lipinski definition) is 7. The first-order valence-electron chi connectivity index (χ1n) is 13.7. The van der Waals surface area contributed by atoms with Crippen LogP contribution in [0.25, 0.3) is 0 Å². The maximum Gasteiger partial charge on any atom is 0.404 e. The molecule has 232 valence electrons. The monoisotopic (exact) mass is 605 g/mol. The highest BCUT2D eigenvalue weighted by atomic mass is 35.5. The molecule has 0 bridgehead atoms. The maximum atomic E-state index is 12.9. The van der Waals surface area contributed by atoms with Gasteiger partial charge in [-0.05, 0) is 31.5 Å². The Morgan fingerprint density at radius 2 is 1.86 bits per heavy atom. The van der Waals surface area contributed by atoms with Crippen molar-refractivity contribution in [3.05, 3.63) is 71.2 Å². The van der Waals surface area contributed by atoms with E-state index in [0.29, 0.717) is 24.3 Å². The van der Waals surface area contributed by atoms with Crippen LogP contribution < -0.4 is 16.4 Å². The molecule has 4 N–H and O–H groups in total. The summed E-state index contributed by atoms with van der Waals surface area (Å²) in [5.41, 5.74) is 5.48. The minimum atomic E-state index is -0.900. The maximum absolute atomic E-state index is 12.9. The molecule has 1 aliphatic heterocycles. The molecular weight excluding hydrogens is 562 g/mol. The van der Waals surface area contributed by atoms with Crippen LogP contribution in [-0.4, -0.2) is 49.2 Å². The summed E-state index contributed by atoms with van der Waals surface area (Å²) in [7, 11) is 1.43. The van der Waals surface area contributed by atoms with Crippen molar-refractivity contribution in [3.8, 4) is 0 Å². The SMILES string of the molecule is COC1=CC[C@H]([C@@H](C)/C=C(C)/C=C/C=C\C(=O)N[C@@H](C(=O)N/C=C\C[C@H](C/C=C(\C)Cl)OC(N)=O)C(C)(C)C)OC1=O. The van der Waals surface area contributed by atoms with Crippen LogP contribution in [0.4, 0.5) is 4.79 Å². The molecule has 0 radical (unpaired) electrons. The van der Waals surface area contributed by atoms with E-state index in [1.807, 2.05) is 46.8 Å². The number of amides is 3. The Labute approximate surface area is 253 Å². The predicted octanol–water partition coefficient (Wildman–Crippen LogP) is 5.07. The summed E-state index contributed by atoms with van der Waals surface area (Å²) in [6.45, 7) is 11.1. The molecule has 0 saturated heterocycles. The summed E-state index contributed by atoms with van der Waals surface area (Å²) < 4.78 is 15.5. The first-order chi connectivity index (χ1) is 19.6. The molecule has 1 rings (SSSR count). The van der Waals surface area contributed by atoms with Crippen molar-refractivity contribution in [2.24, 2.45) is 17.1 Å². The van der Waals surface area contributed by atoms with Gasteiger partial charge >= 0.3 is 12.1 Å². The van der Waals surface area contributed by atoms with Crippen LogP contribution in [0.15, 0.2) is 71.2 Å². The summed E-state index contributed by atoms with van der Waals surface area (Å²) in [5.74, 6) is -1.10. The number of nitrogens with one attached hydrogen (secondary N) is 2. The fraction of sp³-hybridized carbons (Fsp3) is 0.484. The third kappa shape index (κ3) is 14.2. The van der Waals surface area contributed by atoms with Gasteiger partial charge in [0.1, 0.15) is 18.2 Å². The largest absolute Gasteiger partial charge is 0.490 e. The number of carbonyl (C=O) groups is 4. The van der Waals surface area contributed by atoms with Crippen molar-refractivity contribution in [1.82, 2.24) is 10.6 Å². The van der Waals surface area contributed by atoms with E-state index in [0.717, 1.165) is 5.57 Å². The van der Waals surface area contributed by atoms with Crippen LogP contribution in [0.1, 0.15) is 60.8 Å². The second kappa shape index (κ2) is 17.9. The molecule has 0 aromatic rings. The van der Waals surface area contributed by atoms with Crippen LogP contribution in [-0.2, 0) is 28.6 Å². The molecule has 0 aliphatic carbocycles. The normalized spacial score (nSPS) is 18.8. The van der Waals surface area contributed by atoms with E-state index in [9.17, 15) is 19.2 Å². The first kappa shape index (κ1) is 36.2. The number of hydrogen-bond donors (Lipinski definition) is 3. The highest BCUT2D eigenvalue weighted by Gasteiger charge is 2.32. The Morgan fingerprint density at radius 1 is 1.19 bits per heavy atom. The molecule has 0 saturated carbocycles. The van der Waals surface area contributed by atoms with Gasteiger partial charge in [-0.3, -0.25) is 9.59 Å². The van der Waals surface area contributed by atoms with Gasteiger partial charge in [-0.15, -0.1) is 0 Å². The van der Waals surface area contributed by atoms with Crippen molar-refractivity contribution in [1.29, 1.82) is 0 Å². The van der Waals surface area contributed by atoms with E-state index in [1.165, 1.54) is 19.4 Å². The Morgan fingerprint density at radius 3 is 2.43 bits per heavy atom. The molecule has 1 aliphatic rings. The lowest BCUT2D eigenvalue weighted by Crippen LogP contribution is -2.52. The van der Waals surface area contributed by atoms with E-state index in [-0.39, 0.29) is 17.8 Å². The van der Waals surface area contributed by atoms with Gasteiger partial charge in [-0.25, -0.2) is 9.59 Å². The molecule has 0 aromatic heterocycles. The summed E-state index contributed by atoms with van der Waals surface area (Å²) in [5, 5.41) is 5.98. The molecule has 0 aromatic carbocycles. The molecule has 10 nitrogen and oxygen atoms in total. The fourth-order valence-electron chi connectivity index (χ4n) is 3.93. The molecule has 0 spiro atoms. The minimum absolute atomic E-state index is 0.0196. The number of rotatable bonds is 14. The second-order valence-electron chi connectivity index (χ2n) is 11.0. The standard InChI is InChI=1S/C31H44ClN3O7/c1-20(19-21(2)24-16-17-25(40-7)29(38)42-24)11-8-9-13-26(36)35-27(31(4,5)6)28(37)34-18-10-12-23(41-30(33)39)15-14-22(3)32/h8-11,13-14,17-19,21,23-24,27H,12,15-16H2,1-7H3,(H2,33,39)(H,34,37)(H,35,36)/b11-8+,13-9-,18-10-,20-19+,22-14+/t21-,23+,24+,27-/m0/s1. The third-order valence-corrected chi connectivity index (χ3v) is 6.30. The highest BCUT2D eigenvalue weighted by Crippen LogP contribution is 2.23. The minimum Gasteiger partial charge on any atom is -0.490 e. The average Bonchev–Trinajstić information content (AvgIpc) is 2.89. The third-order valence-electron chi connectivity index (χ3n) is 6.15. The van der Waals surface area contributed by atoms with E-state index >= 15 is 0 Å². The predicted molar refractivity (Wildman–Crippen MR) is 163 cm³/mol. The van der Waals surface area contributed by atoms with Gasteiger partial charge in [-0.1, -0.05) is 81.3 Å². The first-order valence-corrected chi connectivity index (χ1v) is 14.0. The zero-order valence-corrected chi connectivity index (χ0v) is 26.2. The Hall–Kier alpha value is -3.79. The molecule has 4 atom stereocenters. The average molecular weight is 606 g/mol. The summed E-state index contributed by atoms with van der Waals surface area (Å²) in [4.78, 5) is 48.5. The second-order valence-corrected chi connectivity index (χ2v) is 11.6. The molecule has 3 amide bonds. The topological polar surface area (TPSA) is 146 Å². The smallest absolute Gasteiger partial charge is 0.404 e. The van der Waals surface area contributed by atoms with Crippen molar-refractivity contribution >= 4 is 35.5 Å². The fourth-order valence-corrected chi connectivity index (χ4v) is 4.02. The number of halogens is 1. The lowest BCUT2D eigenvalue weighted by molar-refractivity contribution is -0.151. The number of nitrogens with two attached hydrogens (primary N) is 1. The quantitative estimate of drug-likeness (QED) is 0.142. The van der Waals surface area contributed by atoms with Gasteiger partial charge in [0.25, 0.3) is 0 Å².